The Labute approximate surface area is 120 Å². The van der Waals surface area contributed by atoms with E-state index in [0.29, 0.717) is 5.69 Å². The van der Waals surface area contributed by atoms with E-state index in [4.69, 9.17) is 0 Å². The van der Waals surface area contributed by atoms with Crippen LogP contribution in [0.25, 0.3) is 0 Å². The van der Waals surface area contributed by atoms with Crippen molar-refractivity contribution in [2.75, 3.05) is 18.1 Å². The third-order valence-corrected chi connectivity index (χ3v) is 3.93. The number of hydrogen-bond acceptors (Lipinski definition) is 5. The van der Waals surface area contributed by atoms with Crippen molar-refractivity contribution >= 4 is 5.69 Å². The van der Waals surface area contributed by atoms with Gasteiger partial charge in [-0.1, -0.05) is 26.7 Å². The van der Waals surface area contributed by atoms with Crippen LogP contribution in [0.4, 0.5) is 5.69 Å². The Morgan fingerprint density at radius 3 is 2.75 bits per heavy atom. The van der Waals surface area contributed by atoms with Crippen LogP contribution in [0.3, 0.4) is 0 Å². The normalized spacial score (nSPS) is 20.2. The van der Waals surface area contributed by atoms with Gasteiger partial charge in [0.05, 0.1) is 36.8 Å². The molecular formula is C15H25N3O2. The number of aliphatic hydroxyl groups is 2. The Morgan fingerprint density at radius 1 is 1.30 bits per heavy atom. The molecule has 1 atom stereocenters. The Hall–Kier alpha value is -1.20. The van der Waals surface area contributed by atoms with Crippen molar-refractivity contribution in [1.82, 2.24) is 9.97 Å². The third-order valence-electron chi connectivity index (χ3n) is 3.93. The van der Waals surface area contributed by atoms with Crippen LogP contribution in [0.15, 0.2) is 6.20 Å². The van der Waals surface area contributed by atoms with E-state index in [2.05, 4.69) is 14.9 Å². The molecule has 5 nitrogen and oxygen atoms in total. The molecule has 0 spiro atoms. The third kappa shape index (κ3) is 3.27. The Balaban J connectivity index is 2.33. The fourth-order valence-corrected chi connectivity index (χ4v) is 2.74. The monoisotopic (exact) mass is 279 g/mol. The lowest BCUT2D eigenvalue weighted by Gasteiger charge is -2.31. The molecule has 0 aliphatic carbocycles. The molecule has 0 amide bonds. The second-order valence-electron chi connectivity index (χ2n) is 5.75. The second kappa shape index (κ2) is 6.99. The van der Waals surface area contributed by atoms with Crippen LogP contribution in [-0.4, -0.2) is 39.4 Å². The summed E-state index contributed by atoms with van der Waals surface area (Å²) in [5.74, 6) is 1.00. The predicted octanol–water partition coefficient (Wildman–Crippen LogP) is 1.83. The topological polar surface area (TPSA) is 69.5 Å². The summed E-state index contributed by atoms with van der Waals surface area (Å²) >= 11 is 0. The minimum Gasteiger partial charge on any atom is -0.394 e. The van der Waals surface area contributed by atoms with Crippen LogP contribution < -0.4 is 4.90 Å². The fourth-order valence-electron chi connectivity index (χ4n) is 2.74. The van der Waals surface area contributed by atoms with E-state index in [0.717, 1.165) is 37.3 Å². The molecule has 1 aromatic heterocycles. The average molecular weight is 279 g/mol. The van der Waals surface area contributed by atoms with E-state index < -0.39 is 0 Å². The molecule has 0 aromatic carbocycles. The van der Waals surface area contributed by atoms with Gasteiger partial charge in [-0.25, -0.2) is 9.97 Å². The first-order valence-electron chi connectivity index (χ1n) is 7.51. The van der Waals surface area contributed by atoms with E-state index in [9.17, 15) is 10.2 Å². The minimum atomic E-state index is -0.0910. The van der Waals surface area contributed by atoms with Gasteiger partial charge in [-0.05, 0) is 12.8 Å². The van der Waals surface area contributed by atoms with Crippen LogP contribution >= 0.6 is 0 Å². The van der Waals surface area contributed by atoms with Crippen molar-refractivity contribution in [2.45, 2.75) is 58.1 Å². The maximum atomic E-state index is 9.61. The van der Waals surface area contributed by atoms with Crippen LogP contribution in [0.2, 0.25) is 0 Å². The van der Waals surface area contributed by atoms with E-state index >= 15 is 0 Å². The highest BCUT2D eigenvalue weighted by atomic mass is 16.3. The summed E-state index contributed by atoms with van der Waals surface area (Å²) in [6.45, 7) is 5.02. The van der Waals surface area contributed by atoms with E-state index in [1.54, 1.807) is 0 Å². The molecule has 1 aliphatic heterocycles. The zero-order chi connectivity index (χ0) is 14.5. The minimum absolute atomic E-state index is 0.0910. The highest BCUT2D eigenvalue weighted by Gasteiger charge is 2.23. The van der Waals surface area contributed by atoms with Gasteiger partial charge in [-0.2, -0.15) is 0 Å². The van der Waals surface area contributed by atoms with Crippen LogP contribution in [0.5, 0.6) is 0 Å². The van der Waals surface area contributed by atoms with Crippen LogP contribution in [0.1, 0.15) is 57.0 Å². The molecule has 0 bridgehead atoms. The number of anilines is 1. The van der Waals surface area contributed by atoms with Gasteiger partial charge < -0.3 is 15.1 Å². The largest absolute Gasteiger partial charge is 0.394 e. The summed E-state index contributed by atoms with van der Waals surface area (Å²) in [6, 6.07) is 0.108. The van der Waals surface area contributed by atoms with E-state index in [1.807, 2.05) is 20.0 Å². The first-order valence-corrected chi connectivity index (χ1v) is 7.51. The van der Waals surface area contributed by atoms with Gasteiger partial charge in [0.25, 0.3) is 0 Å². The summed E-state index contributed by atoms with van der Waals surface area (Å²) in [4.78, 5) is 11.1. The molecule has 2 heterocycles. The van der Waals surface area contributed by atoms with Crippen molar-refractivity contribution in [3.63, 3.8) is 0 Å². The van der Waals surface area contributed by atoms with Gasteiger partial charge in [0.1, 0.15) is 5.82 Å². The molecule has 1 saturated heterocycles. The highest BCUT2D eigenvalue weighted by molar-refractivity contribution is 5.50. The molecule has 2 N–H and O–H groups in total. The smallest absolute Gasteiger partial charge is 0.131 e. The molecule has 5 heteroatoms. The molecule has 20 heavy (non-hydrogen) atoms. The average Bonchev–Trinajstić information content (AvgIpc) is 2.71. The molecule has 0 saturated carbocycles. The molecule has 1 aliphatic rings. The lowest BCUT2D eigenvalue weighted by atomic mass is 10.1. The molecular weight excluding hydrogens is 254 g/mol. The molecule has 1 unspecified atom stereocenters. The molecule has 0 radical (unpaired) electrons. The fraction of sp³-hybridized carbons (Fsp3) is 0.733. The van der Waals surface area contributed by atoms with Gasteiger partial charge in [0, 0.05) is 12.5 Å². The van der Waals surface area contributed by atoms with Gasteiger partial charge in [0.2, 0.25) is 0 Å². The molecule has 1 fully saturated rings. The summed E-state index contributed by atoms with van der Waals surface area (Å²) in [6.07, 6.45) is 6.22. The summed E-state index contributed by atoms with van der Waals surface area (Å²) in [5, 5.41) is 19.2. The summed E-state index contributed by atoms with van der Waals surface area (Å²) in [7, 11) is 0. The lowest BCUT2D eigenvalue weighted by molar-refractivity contribution is 0.252. The maximum Gasteiger partial charge on any atom is 0.131 e. The number of aromatic nitrogens is 2. The first kappa shape index (κ1) is 15.2. The lowest BCUT2D eigenvalue weighted by Crippen LogP contribution is -2.38. The second-order valence-corrected chi connectivity index (χ2v) is 5.75. The van der Waals surface area contributed by atoms with Gasteiger partial charge in [-0.3, -0.25) is 0 Å². The van der Waals surface area contributed by atoms with Crippen molar-refractivity contribution in [1.29, 1.82) is 0 Å². The maximum absolute atomic E-state index is 9.61. The Kier molecular flexibility index (Phi) is 5.31. The quantitative estimate of drug-likeness (QED) is 0.880. The number of aliphatic hydroxyl groups excluding tert-OH is 2. The highest BCUT2D eigenvalue weighted by Crippen LogP contribution is 2.27. The van der Waals surface area contributed by atoms with Crippen LogP contribution in [0, 0.1) is 0 Å². The zero-order valence-corrected chi connectivity index (χ0v) is 12.4. The zero-order valence-electron chi connectivity index (χ0n) is 12.4. The summed E-state index contributed by atoms with van der Waals surface area (Å²) < 4.78 is 0. The molecule has 2 rings (SSSR count). The predicted molar refractivity (Wildman–Crippen MR) is 78.7 cm³/mol. The number of hydrogen-bond donors (Lipinski definition) is 2. The van der Waals surface area contributed by atoms with Crippen molar-refractivity contribution in [3.05, 3.63) is 17.7 Å². The number of nitrogens with zero attached hydrogens (tertiary/aromatic N) is 3. The van der Waals surface area contributed by atoms with E-state index in [1.165, 1.54) is 6.42 Å². The van der Waals surface area contributed by atoms with Gasteiger partial charge in [-0.15, -0.1) is 0 Å². The van der Waals surface area contributed by atoms with Crippen molar-refractivity contribution in [2.24, 2.45) is 0 Å². The summed E-state index contributed by atoms with van der Waals surface area (Å²) in [5.41, 5.74) is 1.54. The molecule has 112 valence electrons. The standard InChI is InChI=1S/C15H25N3O2/c1-11(2)15-16-8-14(13(10-20)17-15)18-7-5-3-4-6-12(18)9-19/h8,11-12,19-20H,3-7,9-10H2,1-2H3. The van der Waals surface area contributed by atoms with Crippen LogP contribution in [-0.2, 0) is 6.61 Å². The molecule has 1 aromatic rings. The Morgan fingerprint density at radius 2 is 2.10 bits per heavy atom. The van der Waals surface area contributed by atoms with Crippen molar-refractivity contribution in [3.8, 4) is 0 Å². The van der Waals surface area contributed by atoms with Crippen molar-refractivity contribution < 1.29 is 10.2 Å². The van der Waals surface area contributed by atoms with Gasteiger partial charge in [0.15, 0.2) is 0 Å². The SMILES string of the molecule is CC(C)c1ncc(N2CCCCCC2CO)c(CO)n1. The number of rotatable bonds is 4. The first-order chi connectivity index (χ1) is 9.67. The Bertz CT molecular complexity index is 437. The van der Waals surface area contributed by atoms with E-state index in [-0.39, 0.29) is 25.2 Å². The van der Waals surface area contributed by atoms with Gasteiger partial charge >= 0.3 is 0 Å².